The van der Waals surface area contributed by atoms with E-state index in [1.165, 1.54) is 12.1 Å². The number of benzene rings is 1. The number of hydrogen-bond donors (Lipinski definition) is 0. The van der Waals surface area contributed by atoms with Gasteiger partial charge in [0.1, 0.15) is 11.5 Å². The molecule has 1 aromatic carbocycles. The minimum Gasteiger partial charge on any atom is -0.455 e. The van der Waals surface area contributed by atoms with Gasteiger partial charge < -0.3 is 9.15 Å². The van der Waals surface area contributed by atoms with Crippen LogP contribution in [-0.2, 0) is 17.5 Å². The van der Waals surface area contributed by atoms with Crippen LogP contribution in [0.15, 0.2) is 40.8 Å². The van der Waals surface area contributed by atoms with E-state index in [-0.39, 0.29) is 12.4 Å². The number of ether oxygens (including phenoxy) is 1. The summed E-state index contributed by atoms with van der Waals surface area (Å²) in [7, 11) is 0. The number of carbonyl (C=O) groups is 1. The lowest BCUT2D eigenvalue weighted by Crippen LogP contribution is -2.06. The zero-order chi connectivity index (χ0) is 16.3. The number of furan rings is 1. The van der Waals surface area contributed by atoms with E-state index in [0.29, 0.717) is 5.56 Å². The number of rotatable bonds is 4. The van der Waals surface area contributed by atoms with Gasteiger partial charge in [-0.25, -0.2) is 4.79 Å². The van der Waals surface area contributed by atoms with Crippen LogP contribution >= 0.6 is 0 Å². The summed E-state index contributed by atoms with van der Waals surface area (Å²) in [5.41, 5.74) is -0.480. The van der Waals surface area contributed by atoms with Gasteiger partial charge in [-0.05, 0) is 23.8 Å². The van der Waals surface area contributed by atoms with Gasteiger partial charge in [-0.1, -0.05) is 12.1 Å². The fourth-order valence-electron chi connectivity index (χ4n) is 1.55. The highest BCUT2D eigenvalue weighted by molar-refractivity contribution is 5.86. The molecule has 0 aliphatic rings. The number of alkyl halides is 3. The lowest BCUT2D eigenvalue weighted by molar-refractivity contribution is -0.402. The molecule has 0 atom stereocenters. The standard InChI is InChI=1S/C13H8F3NO5/c14-13(15,16)9-3-1-8(2-4-9)7-21-12(18)10-5-6-11(22-10)17(19)20/h1-6H,7H2. The molecule has 0 saturated heterocycles. The molecule has 0 unspecified atom stereocenters. The number of nitrogens with zero attached hydrogens (tertiary/aromatic N) is 1. The molecule has 22 heavy (non-hydrogen) atoms. The number of nitro groups is 1. The van der Waals surface area contributed by atoms with E-state index >= 15 is 0 Å². The Balaban J connectivity index is 1.97. The van der Waals surface area contributed by atoms with Crippen LogP contribution in [0.25, 0.3) is 0 Å². The van der Waals surface area contributed by atoms with Crippen LogP contribution in [0.3, 0.4) is 0 Å². The van der Waals surface area contributed by atoms with E-state index in [9.17, 15) is 28.1 Å². The van der Waals surface area contributed by atoms with E-state index in [4.69, 9.17) is 4.74 Å². The van der Waals surface area contributed by atoms with Crippen LogP contribution in [-0.4, -0.2) is 10.9 Å². The smallest absolute Gasteiger partial charge is 0.433 e. The fourth-order valence-corrected chi connectivity index (χ4v) is 1.55. The molecule has 2 rings (SSSR count). The second-order valence-electron chi connectivity index (χ2n) is 4.17. The summed E-state index contributed by atoms with van der Waals surface area (Å²) in [6.45, 7) is -0.286. The molecule has 0 saturated carbocycles. The van der Waals surface area contributed by atoms with Gasteiger partial charge in [0.2, 0.25) is 5.76 Å². The van der Waals surface area contributed by atoms with Gasteiger partial charge in [0, 0.05) is 0 Å². The molecule has 1 heterocycles. The van der Waals surface area contributed by atoms with Crippen molar-refractivity contribution >= 4 is 11.9 Å². The quantitative estimate of drug-likeness (QED) is 0.489. The molecule has 6 nitrogen and oxygen atoms in total. The normalized spacial score (nSPS) is 11.2. The first-order valence-electron chi connectivity index (χ1n) is 5.85. The lowest BCUT2D eigenvalue weighted by Gasteiger charge is -2.07. The van der Waals surface area contributed by atoms with Crippen molar-refractivity contribution in [1.82, 2.24) is 0 Å². The third-order valence-corrected chi connectivity index (χ3v) is 2.62. The van der Waals surface area contributed by atoms with E-state index in [0.717, 1.165) is 24.3 Å². The maximum Gasteiger partial charge on any atom is 0.433 e. The predicted octanol–water partition coefficient (Wildman–Crippen LogP) is 3.56. The minimum absolute atomic E-state index is 0.286. The third kappa shape index (κ3) is 3.62. The molecule has 1 aromatic heterocycles. The SMILES string of the molecule is O=C(OCc1ccc(C(F)(F)F)cc1)c1ccc([N+](=O)[O-])o1. The maximum absolute atomic E-state index is 12.4. The average Bonchev–Trinajstić information content (AvgIpc) is 2.94. The Labute approximate surface area is 121 Å². The molecule has 0 bridgehead atoms. The molecular weight excluding hydrogens is 307 g/mol. The van der Waals surface area contributed by atoms with Gasteiger partial charge in [0.15, 0.2) is 0 Å². The van der Waals surface area contributed by atoms with E-state index < -0.39 is 28.5 Å². The van der Waals surface area contributed by atoms with Crippen LogP contribution in [0.1, 0.15) is 21.7 Å². The Bertz CT molecular complexity index is 690. The summed E-state index contributed by atoms with van der Waals surface area (Å²) in [6, 6.07) is 6.13. The number of hydrogen-bond acceptors (Lipinski definition) is 5. The Morgan fingerprint density at radius 3 is 2.32 bits per heavy atom. The lowest BCUT2D eigenvalue weighted by atomic mass is 10.1. The van der Waals surface area contributed by atoms with E-state index in [1.807, 2.05) is 0 Å². The van der Waals surface area contributed by atoms with E-state index in [2.05, 4.69) is 4.42 Å². The second-order valence-corrected chi connectivity index (χ2v) is 4.17. The molecule has 0 N–H and O–H groups in total. The zero-order valence-corrected chi connectivity index (χ0v) is 10.8. The fraction of sp³-hybridized carbons (Fsp3) is 0.154. The highest BCUT2D eigenvalue weighted by Gasteiger charge is 2.30. The molecule has 0 aliphatic heterocycles. The van der Waals surface area contributed by atoms with Gasteiger partial charge >= 0.3 is 18.0 Å². The summed E-state index contributed by atoms with van der Waals surface area (Å²) in [5, 5.41) is 10.4. The molecule has 0 spiro atoms. The molecule has 0 radical (unpaired) electrons. The molecular formula is C13H8F3NO5. The predicted molar refractivity (Wildman–Crippen MR) is 65.9 cm³/mol. The topological polar surface area (TPSA) is 82.6 Å². The Hall–Kier alpha value is -2.84. The molecule has 0 fully saturated rings. The van der Waals surface area contributed by atoms with Crippen molar-refractivity contribution < 1.29 is 32.0 Å². The van der Waals surface area contributed by atoms with Gasteiger partial charge in [-0.3, -0.25) is 10.1 Å². The summed E-state index contributed by atoms with van der Waals surface area (Å²) < 4.78 is 46.5. The van der Waals surface area contributed by atoms with Crippen molar-refractivity contribution in [2.75, 3.05) is 0 Å². The monoisotopic (exact) mass is 315 g/mol. The largest absolute Gasteiger partial charge is 0.455 e. The van der Waals surface area contributed by atoms with Crippen molar-refractivity contribution in [2.45, 2.75) is 12.8 Å². The second kappa shape index (κ2) is 5.88. The highest BCUT2D eigenvalue weighted by atomic mass is 19.4. The first-order valence-corrected chi connectivity index (χ1v) is 5.85. The van der Waals surface area contributed by atoms with Crippen LogP contribution in [0, 0.1) is 10.1 Å². The molecule has 116 valence electrons. The van der Waals surface area contributed by atoms with Crippen molar-refractivity contribution in [1.29, 1.82) is 0 Å². The Kier molecular flexibility index (Phi) is 4.15. The van der Waals surface area contributed by atoms with E-state index in [1.54, 1.807) is 0 Å². The molecule has 0 aliphatic carbocycles. The number of esters is 1. The number of halogens is 3. The van der Waals surface area contributed by atoms with Crippen molar-refractivity contribution in [3.8, 4) is 0 Å². The zero-order valence-electron chi connectivity index (χ0n) is 10.8. The third-order valence-electron chi connectivity index (χ3n) is 2.62. The van der Waals surface area contributed by atoms with Crippen molar-refractivity contribution in [3.05, 3.63) is 63.4 Å². The van der Waals surface area contributed by atoms with Gasteiger partial charge in [-0.15, -0.1) is 0 Å². The Morgan fingerprint density at radius 2 is 1.82 bits per heavy atom. The summed E-state index contributed by atoms with van der Waals surface area (Å²) >= 11 is 0. The summed E-state index contributed by atoms with van der Waals surface area (Å²) in [4.78, 5) is 21.1. The van der Waals surface area contributed by atoms with Gasteiger partial charge in [0.25, 0.3) is 0 Å². The van der Waals surface area contributed by atoms with Crippen LogP contribution in [0.5, 0.6) is 0 Å². The minimum atomic E-state index is -4.44. The van der Waals surface area contributed by atoms with Gasteiger partial charge in [-0.2, -0.15) is 13.2 Å². The molecule has 0 amide bonds. The van der Waals surface area contributed by atoms with Crippen LogP contribution in [0.2, 0.25) is 0 Å². The van der Waals surface area contributed by atoms with Gasteiger partial charge in [0.05, 0.1) is 11.6 Å². The first-order chi connectivity index (χ1) is 10.3. The molecule has 9 heteroatoms. The van der Waals surface area contributed by atoms with Crippen molar-refractivity contribution in [2.24, 2.45) is 0 Å². The summed E-state index contributed by atoms with van der Waals surface area (Å²) in [5.74, 6) is -1.92. The number of carbonyl (C=O) groups excluding carboxylic acids is 1. The van der Waals surface area contributed by atoms with Crippen LogP contribution < -0.4 is 0 Å². The highest BCUT2D eigenvalue weighted by Crippen LogP contribution is 2.29. The Morgan fingerprint density at radius 1 is 1.18 bits per heavy atom. The average molecular weight is 315 g/mol. The maximum atomic E-state index is 12.4. The van der Waals surface area contributed by atoms with Crippen LogP contribution in [0.4, 0.5) is 19.1 Å². The summed E-state index contributed by atoms with van der Waals surface area (Å²) in [6.07, 6.45) is -4.44. The molecule has 2 aromatic rings. The first kappa shape index (κ1) is 15.5. The van der Waals surface area contributed by atoms with Crippen molar-refractivity contribution in [3.63, 3.8) is 0 Å².